The maximum Gasteiger partial charge on any atom is 0.405 e. The number of hydrogen-bond acceptors (Lipinski definition) is 7. The summed E-state index contributed by atoms with van der Waals surface area (Å²) in [5.41, 5.74) is -2.07. The summed E-state index contributed by atoms with van der Waals surface area (Å²) >= 11 is 0. The molecule has 3 atom stereocenters. The fourth-order valence-corrected chi connectivity index (χ4v) is 7.04. The molecule has 0 radical (unpaired) electrons. The van der Waals surface area contributed by atoms with Gasteiger partial charge in [0, 0.05) is 24.8 Å². The molecule has 1 amide bonds. The van der Waals surface area contributed by atoms with Crippen LogP contribution in [0.3, 0.4) is 0 Å². The van der Waals surface area contributed by atoms with E-state index in [1.54, 1.807) is 18.5 Å². The minimum atomic E-state index is -2.38. The van der Waals surface area contributed by atoms with E-state index in [1.165, 1.54) is 19.9 Å². The Morgan fingerprint density at radius 2 is 1.81 bits per heavy atom. The second-order valence-corrected chi connectivity index (χ2v) is 19.0. The fourth-order valence-electron chi connectivity index (χ4n) is 5.61. The van der Waals surface area contributed by atoms with Gasteiger partial charge in [0.25, 0.3) is 0 Å². The van der Waals surface area contributed by atoms with Crippen molar-refractivity contribution in [3.63, 3.8) is 0 Å². The van der Waals surface area contributed by atoms with Gasteiger partial charge in [0.2, 0.25) is 0 Å². The van der Waals surface area contributed by atoms with Crippen molar-refractivity contribution >= 4 is 20.1 Å². The molecule has 0 bridgehead atoms. The minimum absolute atomic E-state index is 0.00531. The Hall–Kier alpha value is -3.99. The number of anilines is 1. The van der Waals surface area contributed by atoms with Crippen LogP contribution in [0.5, 0.6) is 0 Å². The number of pyridine rings is 2. The summed E-state index contributed by atoms with van der Waals surface area (Å²) in [7, 11) is -2.38. The highest BCUT2D eigenvalue weighted by Crippen LogP contribution is 2.44. The topological polar surface area (TPSA) is 132 Å². The van der Waals surface area contributed by atoms with Crippen molar-refractivity contribution in [1.29, 1.82) is 5.26 Å². The van der Waals surface area contributed by atoms with Crippen LogP contribution in [0.2, 0.25) is 18.1 Å². The summed E-state index contributed by atoms with van der Waals surface area (Å²) in [5.74, 6) is -3.06. The summed E-state index contributed by atoms with van der Waals surface area (Å²) < 4.78 is 52.4. The van der Waals surface area contributed by atoms with Gasteiger partial charge in [-0.3, -0.25) is 4.98 Å². The highest BCUT2D eigenvalue weighted by Gasteiger charge is 2.52. The summed E-state index contributed by atoms with van der Waals surface area (Å²) in [6.07, 6.45) is 1.39. The Labute approximate surface area is 275 Å². The third-order valence-electron chi connectivity index (χ3n) is 9.38. The maximum absolute atomic E-state index is 15.2. The van der Waals surface area contributed by atoms with Gasteiger partial charge in [-0.1, -0.05) is 27.7 Å². The molecule has 3 heterocycles. The molecular formula is C34H43F3N6O3Si. The zero-order valence-electron chi connectivity index (χ0n) is 28.1. The van der Waals surface area contributed by atoms with Crippen LogP contribution in [0.25, 0.3) is 11.3 Å². The Bertz CT molecular complexity index is 1670. The summed E-state index contributed by atoms with van der Waals surface area (Å²) in [5, 5.41) is 28.8. The van der Waals surface area contributed by atoms with E-state index in [-0.39, 0.29) is 35.3 Å². The van der Waals surface area contributed by atoms with Gasteiger partial charge < -0.3 is 25.5 Å². The van der Waals surface area contributed by atoms with E-state index in [0.29, 0.717) is 17.8 Å². The van der Waals surface area contributed by atoms with Crippen LogP contribution < -0.4 is 16.0 Å². The van der Waals surface area contributed by atoms with Crippen LogP contribution in [-0.4, -0.2) is 48.7 Å². The van der Waals surface area contributed by atoms with E-state index < -0.39 is 60.2 Å². The molecule has 1 fully saturated rings. The highest BCUT2D eigenvalue weighted by molar-refractivity contribution is 6.74. The van der Waals surface area contributed by atoms with Crippen LogP contribution in [0.4, 0.5) is 23.7 Å². The fraction of sp³-hybridized carbons (Fsp3) is 0.471. The molecule has 1 aromatic carbocycles. The number of nitrogens with one attached hydrogen (secondary N) is 3. The Kier molecular flexibility index (Phi) is 10.1. The van der Waals surface area contributed by atoms with Crippen molar-refractivity contribution in [1.82, 2.24) is 20.6 Å². The van der Waals surface area contributed by atoms with Crippen molar-refractivity contribution in [3.8, 4) is 17.3 Å². The van der Waals surface area contributed by atoms with Crippen molar-refractivity contribution in [2.75, 3.05) is 18.4 Å². The number of carbonyl (C=O) groups is 1. The maximum atomic E-state index is 15.2. The number of rotatable bonds is 9. The molecule has 0 aliphatic carbocycles. The van der Waals surface area contributed by atoms with Crippen LogP contribution in [-0.2, 0) is 21.9 Å². The van der Waals surface area contributed by atoms with Gasteiger partial charge in [-0.2, -0.15) is 5.26 Å². The number of nitrogens with zero attached hydrogens (tertiary/aromatic N) is 3. The molecular weight excluding hydrogens is 625 g/mol. The average Bonchev–Trinajstić information content (AvgIpc) is 2.98. The lowest BCUT2D eigenvalue weighted by molar-refractivity contribution is 0.00490. The predicted molar refractivity (Wildman–Crippen MR) is 177 cm³/mol. The number of halogens is 3. The van der Waals surface area contributed by atoms with E-state index in [0.717, 1.165) is 18.2 Å². The standard InChI is InChI=1S/C34H43F3N6O3Si/c1-20-15-40-19-34(43-31(44)45,30(20)46-47(7,8)32(2,3)4)23-11-12-39-17-27(23)41-16-22-9-10-24(35)29(42-22)28-25(36)13-21(14-26(28)37)33(5,6)18-38/h9-14,17,20,30,40-41,43H,15-16,19H2,1-8H3,(H,44,45)/t20-,30+,34-/m0/s1. The third kappa shape index (κ3) is 7.29. The van der Waals surface area contributed by atoms with Crippen molar-refractivity contribution < 1.29 is 27.5 Å². The lowest BCUT2D eigenvalue weighted by Crippen LogP contribution is -2.68. The quantitative estimate of drug-likeness (QED) is 0.178. The number of piperidine rings is 1. The van der Waals surface area contributed by atoms with Crippen LogP contribution in [0.1, 0.15) is 58.4 Å². The van der Waals surface area contributed by atoms with Crippen LogP contribution in [0.15, 0.2) is 42.7 Å². The van der Waals surface area contributed by atoms with Gasteiger partial charge in [0.1, 0.15) is 28.7 Å². The number of carboxylic acid groups (broad SMARTS) is 1. The Morgan fingerprint density at radius 3 is 2.40 bits per heavy atom. The van der Waals surface area contributed by atoms with Gasteiger partial charge >= 0.3 is 6.09 Å². The van der Waals surface area contributed by atoms with Gasteiger partial charge in [0.05, 0.1) is 47.3 Å². The van der Waals surface area contributed by atoms with Gasteiger partial charge in [0.15, 0.2) is 8.32 Å². The minimum Gasteiger partial charge on any atom is -0.465 e. The van der Waals surface area contributed by atoms with E-state index in [9.17, 15) is 19.6 Å². The molecule has 0 spiro atoms. The molecule has 2 aromatic heterocycles. The third-order valence-corrected chi connectivity index (χ3v) is 13.8. The van der Waals surface area contributed by atoms with E-state index >= 15 is 8.78 Å². The first-order valence-corrected chi connectivity index (χ1v) is 18.4. The smallest absolute Gasteiger partial charge is 0.405 e. The lowest BCUT2D eigenvalue weighted by Gasteiger charge is -2.52. The second kappa shape index (κ2) is 13.3. The van der Waals surface area contributed by atoms with E-state index in [1.807, 2.05) is 13.0 Å². The molecule has 0 saturated carbocycles. The summed E-state index contributed by atoms with van der Waals surface area (Å²) in [4.78, 5) is 20.9. The highest BCUT2D eigenvalue weighted by atomic mass is 28.4. The van der Waals surface area contributed by atoms with Crippen molar-refractivity contribution in [2.45, 2.75) is 83.3 Å². The van der Waals surface area contributed by atoms with Gasteiger partial charge in [-0.15, -0.1) is 0 Å². The first-order chi connectivity index (χ1) is 21.8. The molecule has 4 N–H and O–H groups in total. The van der Waals surface area contributed by atoms with Gasteiger partial charge in [-0.05, 0) is 73.8 Å². The lowest BCUT2D eigenvalue weighted by atomic mass is 9.76. The summed E-state index contributed by atoms with van der Waals surface area (Å²) in [6, 6.07) is 8.25. The van der Waals surface area contributed by atoms with Crippen molar-refractivity contribution in [3.05, 3.63) is 77.0 Å². The normalized spacial score (nSPS) is 20.4. The SMILES string of the molecule is C[C@H]1CNC[C@](NC(=O)O)(c2ccncc2NCc2ccc(F)c(-c3c(F)cc(C(C)(C)C#N)cc3F)n2)[C@@H]1O[Si](C)(C)C(C)(C)C. The second-order valence-electron chi connectivity index (χ2n) is 14.3. The Morgan fingerprint density at radius 1 is 1.15 bits per heavy atom. The van der Waals surface area contributed by atoms with Crippen molar-refractivity contribution in [2.24, 2.45) is 5.92 Å². The average molecular weight is 669 g/mol. The van der Waals surface area contributed by atoms with E-state index in [2.05, 4.69) is 59.8 Å². The first-order valence-electron chi connectivity index (χ1n) is 15.5. The molecule has 1 saturated heterocycles. The van der Waals surface area contributed by atoms with E-state index in [4.69, 9.17) is 4.43 Å². The zero-order chi connectivity index (χ0) is 34.9. The zero-order valence-corrected chi connectivity index (χ0v) is 29.1. The largest absolute Gasteiger partial charge is 0.465 e. The Balaban J connectivity index is 1.73. The van der Waals surface area contributed by atoms with Crippen LogP contribution >= 0.6 is 0 Å². The predicted octanol–water partition coefficient (Wildman–Crippen LogP) is 7.07. The monoisotopic (exact) mass is 668 g/mol. The summed E-state index contributed by atoms with van der Waals surface area (Å²) in [6.45, 7) is 16.6. The first kappa shape index (κ1) is 35.9. The molecule has 1 aliphatic heterocycles. The molecule has 4 rings (SSSR count). The van der Waals surface area contributed by atoms with Gasteiger partial charge in [-0.25, -0.2) is 22.9 Å². The molecule has 0 unspecified atom stereocenters. The molecule has 3 aromatic rings. The molecule has 13 heteroatoms. The molecule has 252 valence electrons. The molecule has 1 aliphatic rings. The number of benzene rings is 1. The molecule has 47 heavy (non-hydrogen) atoms. The number of amides is 1. The number of nitriles is 1. The number of hydrogen-bond donors (Lipinski definition) is 4. The molecule has 9 nitrogen and oxygen atoms in total. The number of aromatic nitrogens is 2. The van der Waals surface area contributed by atoms with Crippen LogP contribution in [0, 0.1) is 34.7 Å².